The van der Waals surface area contributed by atoms with Crippen LogP contribution in [0.25, 0.3) is 0 Å². The molecule has 2 aromatic heterocycles. The van der Waals surface area contributed by atoms with Crippen molar-refractivity contribution in [2.45, 2.75) is 53.0 Å². The van der Waals surface area contributed by atoms with E-state index in [2.05, 4.69) is 29.4 Å². The molecule has 5 nitrogen and oxygen atoms in total. The number of amides is 1. The van der Waals surface area contributed by atoms with Crippen LogP contribution in [0.4, 0.5) is 0 Å². The van der Waals surface area contributed by atoms with E-state index < -0.39 is 0 Å². The quantitative estimate of drug-likeness (QED) is 0.915. The zero-order valence-electron chi connectivity index (χ0n) is 13.6. The molecule has 22 heavy (non-hydrogen) atoms. The fourth-order valence-electron chi connectivity index (χ4n) is 3.29. The maximum absolute atomic E-state index is 12.3. The van der Waals surface area contributed by atoms with Crippen molar-refractivity contribution in [3.05, 3.63) is 40.6 Å². The van der Waals surface area contributed by atoms with Gasteiger partial charge in [-0.3, -0.25) is 9.89 Å². The molecule has 1 aliphatic rings. The lowest BCUT2D eigenvalue weighted by molar-refractivity contribution is -0.121. The fourth-order valence-corrected chi connectivity index (χ4v) is 3.29. The molecule has 0 fully saturated rings. The van der Waals surface area contributed by atoms with Crippen molar-refractivity contribution in [3.63, 3.8) is 0 Å². The molecule has 1 atom stereocenters. The van der Waals surface area contributed by atoms with E-state index in [0.717, 1.165) is 41.3 Å². The predicted molar refractivity (Wildman–Crippen MR) is 83.5 cm³/mol. The summed E-state index contributed by atoms with van der Waals surface area (Å²) >= 11 is 0. The van der Waals surface area contributed by atoms with Gasteiger partial charge >= 0.3 is 0 Å². The molecule has 0 bridgehead atoms. The Morgan fingerprint density at radius 2 is 2.23 bits per heavy atom. The first-order chi connectivity index (χ1) is 10.3. The molecular weight excluding hydrogens is 278 g/mol. The van der Waals surface area contributed by atoms with Crippen molar-refractivity contribution in [2.24, 2.45) is 5.41 Å². The number of carbonyl (C=O) groups is 1. The van der Waals surface area contributed by atoms with Gasteiger partial charge in [-0.1, -0.05) is 13.8 Å². The predicted octanol–water partition coefficient (Wildman–Crippen LogP) is 2.99. The van der Waals surface area contributed by atoms with Crippen molar-refractivity contribution < 1.29 is 9.21 Å². The Kier molecular flexibility index (Phi) is 3.59. The highest BCUT2D eigenvalue weighted by molar-refractivity contribution is 5.78. The van der Waals surface area contributed by atoms with Crippen LogP contribution in [0.3, 0.4) is 0 Å². The first kappa shape index (κ1) is 14.9. The number of nitrogens with one attached hydrogen (secondary N) is 2. The Morgan fingerprint density at radius 1 is 1.45 bits per heavy atom. The van der Waals surface area contributed by atoms with Crippen LogP contribution >= 0.6 is 0 Å². The van der Waals surface area contributed by atoms with Crippen LogP contribution in [-0.2, 0) is 17.6 Å². The lowest BCUT2D eigenvalue weighted by atomic mass is 9.74. The van der Waals surface area contributed by atoms with Crippen LogP contribution in [0, 0.1) is 19.3 Å². The topological polar surface area (TPSA) is 70.9 Å². The van der Waals surface area contributed by atoms with Crippen LogP contribution in [0.5, 0.6) is 0 Å². The largest absolute Gasteiger partial charge is 0.466 e. The third-order valence-corrected chi connectivity index (χ3v) is 4.17. The minimum Gasteiger partial charge on any atom is -0.466 e. The molecule has 0 unspecified atom stereocenters. The number of furan rings is 1. The van der Waals surface area contributed by atoms with Crippen molar-refractivity contribution in [3.8, 4) is 0 Å². The Bertz CT molecular complexity index is 697. The summed E-state index contributed by atoms with van der Waals surface area (Å²) in [7, 11) is 0. The standard InChI is InChI=1S/C17H23N3O2/c1-10-5-12(20-19-10)7-16(21)18-14-8-17(3,4)9-15-13(14)6-11(2)22-15/h5-6,14H,7-9H2,1-4H3,(H,18,21)(H,19,20)/t14-/m1/s1. The van der Waals surface area contributed by atoms with Crippen molar-refractivity contribution in [1.29, 1.82) is 0 Å². The highest BCUT2D eigenvalue weighted by Crippen LogP contribution is 2.41. The van der Waals surface area contributed by atoms with Crippen LogP contribution in [0.2, 0.25) is 0 Å². The van der Waals surface area contributed by atoms with Crippen molar-refractivity contribution >= 4 is 5.91 Å². The summed E-state index contributed by atoms with van der Waals surface area (Å²) in [6, 6.07) is 3.97. The van der Waals surface area contributed by atoms with E-state index in [1.165, 1.54) is 0 Å². The number of aromatic amines is 1. The van der Waals surface area contributed by atoms with Gasteiger partial charge in [0.15, 0.2) is 0 Å². The number of hydrogen-bond donors (Lipinski definition) is 2. The second-order valence-electron chi connectivity index (χ2n) is 7.12. The molecule has 0 aromatic carbocycles. The van der Waals surface area contributed by atoms with Gasteiger partial charge in [-0.25, -0.2) is 0 Å². The Labute approximate surface area is 130 Å². The lowest BCUT2D eigenvalue weighted by Crippen LogP contribution is -2.36. The van der Waals surface area contributed by atoms with Gasteiger partial charge in [-0.15, -0.1) is 0 Å². The van der Waals surface area contributed by atoms with Crippen molar-refractivity contribution in [2.75, 3.05) is 0 Å². The minimum absolute atomic E-state index is 0.000923. The van der Waals surface area contributed by atoms with Gasteiger partial charge in [-0.05, 0) is 37.8 Å². The maximum atomic E-state index is 12.3. The van der Waals surface area contributed by atoms with Crippen LogP contribution in [-0.4, -0.2) is 16.1 Å². The summed E-state index contributed by atoms with van der Waals surface area (Å²) < 4.78 is 5.81. The highest BCUT2D eigenvalue weighted by Gasteiger charge is 2.35. The number of aryl methyl sites for hydroxylation is 2. The molecular formula is C17H23N3O2. The molecule has 0 radical (unpaired) electrons. The highest BCUT2D eigenvalue weighted by atomic mass is 16.3. The van der Waals surface area contributed by atoms with E-state index in [1.807, 2.05) is 26.0 Å². The van der Waals surface area contributed by atoms with Gasteiger partial charge in [-0.2, -0.15) is 5.10 Å². The SMILES string of the molecule is Cc1cc(CC(=O)N[C@@H]2CC(C)(C)Cc3oc(C)cc32)n[nH]1. The molecule has 0 spiro atoms. The first-order valence-corrected chi connectivity index (χ1v) is 7.72. The molecule has 0 saturated carbocycles. The number of fused-ring (bicyclic) bond motifs is 1. The van der Waals surface area contributed by atoms with Crippen LogP contribution in [0.15, 0.2) is 16.5 Å². The second-order valence-corrected chi connectivity index (χ2v) is 7.12. The van der Waals surface area contributed by atoms with Gasteiger partial charge < -0.3 is 9.73 Å². The van der Waals surface area contributed by atoms with E-state index >= 15 is 0 Å². The third-order valence-electron chi connectivity index (χ3n) is 4.17. The molecule has 2 heterocycles. The summed E-state index contributed by atoms with van der Waals surface area (Å²) in [6.45, 7) is 8.31. The normalized spacial score (nSPS) is 19.7. The average Bonchev–Trinajstić information content (AvgIpc) is 2.93. The van der Waals surface area contributed by atoms with E-state index in [9.17, 15) is 4.79 Å². The minimum atomic E-state index is -0.000923. The summed E-state index contributed by atoms with van der Waals surface area (Å²) in [5, 5.41) is 10.1. The average molecular weight is 301 g/mol. The molecule has 1 aliphatic carbocycles. The van der Waals surface area contributed by atoms with Gasteiger partial charge in [0.1, 0.15) is 11.5 Å². The lowest BCUT2D eigenvalue weighted by Gasteiger charge is -2.34. The molecule has 0 saturated heterocycles. The van der Waals surface area contributed by atoms with E-state index in [-0.39, 0.29) is 17.4 Å². The van der Waals surface area contributed by atoms with E-state index in [0.29, 0.717) is 6.42 Å². The smallest absolute Gasteiger partial charge is 0.226 e. The van der Waals surface area contributed by atoms with Crippen LogP contribution < -0.4 is 5.32 Å². The van der Waals surface area contributed by atoms with Gasteiger partial charge in [0.05, 0.1) is 18.2 Å². The second kappa shape index (κ2) is 5.30. The monoisotopic (exact) mass is 301 g/mol. The van der Waals surface area contributed by atoms with Gasteiger partial charge in [0.25, 0.3) is 0 Å². The number of carbonyl (C=O) groups excluding carboxylic acids is 1. The summed E-state index contributed by atoms with van der Waals surface area (Å²) in [4.78, 5) is 12.3. The fraction of sp³-hybridized carbons (Fsp3) is 0.529. The molecule has 5 heteroatoms. The summed E-state index contributed by atoms with van der Waals surface area (Å²) in [5.41, 5.74) is 2.99. The molecule has 2 N–H and O–H groups in total. The number of nitrogens with zero attached hydrogens (tertiary/aromatic N) is 1. The van der Waals surface area contributed by atoms with E-state index in [4.69, 9.17) is 4.42 Å². The Hall–Kier alpha value is -2.04. The van der Waals surface area contributed by atoms with Crippen molar-refractivity contribution in [1.82, 2.24) is 15.5 Å². The first-order valence-electron chi connectivity index (χ1n) is 7.72. The molecule has 0 aliphatic heterocycles. The maximum Gasteiger partial charge on any atom is 0.226 e. The number of hydrogen-bond acceptors (Lipinski definition) is 3. The summed E-state index contributed by atoms with van der Waals surface area (Å²) in [6.07, 6.45) is 2.14. The summed E-state index contributed by atoms with van der Waals surface area (Å²) in [5.74, 6) is 1.92. The van der Waals surface area contributed by atoms with Gasteiger partial charge in [0, 0.05) is 17.7 Å². The number of H-pyrrole nitrogens is 1. The molecule has 3 rings (SSSR count). The zero-order chi connectivity index (χ0) is 15.9. The van der Waals surface area contributed by atoms with Crippen LogP contribution in [0.1, 0.15) is 54.8 Å². The molecule has 1 amide bonds. The molecule has 118 valence electrons. The van der Waals surface area contributed by atoms with Gasteiger partial charge in [0.2, 0.25) is 5.91 Å². The zero-order valence-corrected chi connectivity index (χ0v) is 13.6. The third kappa shape index (κ3) is 3.08. The Balaban J connectivity index is 1.75. The number of aromatic nitrogens is 2. The number of rotatable bonds is 3. The molecule has 2 aromatic rings. The Morgan fingerprint density at radius 3 is 2.91 bits per heavy atom. The van der Waals surface area contributed by atoms with E-state index in [1.54, 1.807) is 0 Å².